The van der Waals surface area contributed by atoms with Gasteiger partial charge in [0.2, 0.25) is 0 Å². The summed E-state index contributed by atoms with van der Waals surface area (Å²) in [5.74, 6) is -0.286. The van der Waals surface area contributed by atoms with Gasteiger partial charge in [-0.15, -0.1) is 0 Å². The summed E-state index contributed by atoms with van der Waals surface area (Å²) in [5.41, 5.74) is 1.76. The molecule has 0 amide bonds. The summed E-state index contributed by atoms with van der Waals surface area (Å²) in [7, 11) is 1.41. The van der Waals surface area contributed by atoms with E-state index in [4.69, 9.17) is 4.74 Å². The third kappa shape index (κ3) is 9.47. The summed E-state index contributed by atoms with van der Waals surface area (Å²) in [6, 6.07) is 1.91. The predicted octanol–water partition coefficient (Wildman–Crippen LogP) is 6.04. The molecule has 1 heterocycles. The first-order valence-corrected chi connectivity index (χ1v) is 9.53. The molecule has 0 aromatic carbocycles. The second-order valence-corrected chi connectivity index (χ2v) is 6.55. The Hall–Kier alpha value is -1.25. The van der Waals surface area contributed by atoms with Crippen LogP contribution in [0.3, 0.4) is 0 Å². The van der Waals surface area contributed by atoms with E-state index in [1.54, 1.807) is 0 Å². The number of aryl methyl sites for hydroxylation is 1. The van der Waals surface area contributed by atoms with E-state index >= 15 is 0 Å². The van der Waals surface area contributed by atoms with Gasteiger partial charge in [-0.1, -0.05) is 77.6 Å². The number of rotatable bonds is 14. The van der Waals surface area contributed by atoms with Gasteiger partial charge < -0.3 is 9.72 Å². The maximum Gasteiger partial charge on any atom is 0.354 e. The summed E-state index contributed by atoms with van der Waals surface area (Å²) >= 11 is 0. The van der Waals surface area contributed by atoms with E-state index in [1.165, 1.54) is 89.7 Å². The van der Waals surface area contributed by atoms with Crippen molar-refractivity contribution in [2.45, 2.75) is 90.4 Å². The molecule has 132 valence electrons. The highest BCUT2D eigenvalue weighted by Crippen LogP contribution is 2.14. The van der Waals surface area contributed by atoms with Crippen molar-refractivity contribution >= 4 is 5.97 Å². The van der Waals surface area contributed by atoms with Gasteiger partial charge in [0.15, 0.2) is 0 Å². The molecule has 0 unspecified atom stereocenters. The minimum absolute atomic E-state index is 0.286. The zero-order chi connectivity index (χ0) is 16.8. The van der Waals surface area contributed by atoms with Crippen LogP contribution in [0.2, 0.25) is 0 Å². The Morgan fingerprint density at radius 2 is 1.43 bits per heavy atom. The van der Waals surface area contributed by atoms with Gasteiger partial charge in [0.25, 0.3) is 0 Å². The van der Waals surface area contributed by atoms with Crippen LogP contribution in [0.1, 0.15) is 100 Å². The molecule has 0 aliphatic heterocycles. The van der Waals surface area contributed by atoms with Crippen molar-refractivity contribution in [2.24, 2.45) is 0 Å². The van der Waals surface area contributed by atoms with Crippen molar-refractivity contribution in [2.75, 3.05) is 7.11 Å². The SMILES string of the molecule is CCCCCCCCCCCCCCc1c[nH]c(C(=O)OC)c1. The second kappa shape index (κ2) is 13.2. The molecule has 0 aliphatic carbocycles. The molecule has 0 spiro atoms. The molecule has 1 rings (SSSR count). The Labute approximate surface area is 142 Å². The molecule has 0 saturated heterocycles. The van der Waals surface area contributed by atoms with Gasteiger partial charge in [-0.3, -0.25) is 0 Å². The molecule has 0 radical (unpaired) electrons. The third-order valence-corrected chi connectivity index (χ3v) is 4.47. The van der Waals surface area contributed by atoms with Crippen molar-refractivity contribution in [1.82, 2.24) is 4.98 Å². The van der Waals surface area contributed by atoms with Crippen LogP contribution in [-0.2, 0) is 11.2 Å². The van der Waals surface area contributed by atoms with Crippen molar-refractivity contribution in [3.8, 4) is 0 Å². The molecule has 1 N–H and O–H groups in total. The number of aromatic amines is 1. The number of nitrogens with one attached hydrogen (secondary N) is 1. The first kappa shape index (κ1) is 19.8. The number of carbonyl (C=O) groups excluding carboxylic acids is 1. The Morgan fingerprint density at radius 1 is 0.913 bits per heavy atom. The average Bonchev–Trinajstić information content (AvgIpc) is 3.04. The van der Waals surface area contributed by atoms with Crippen LogP contribution in [-0.4, -0.2) is 18.1 Å². The fourth-order valence-electron chi connectivity index (χ4n) is 2.98. The number of hydrogen-bond acceptors (Lipinski definition) is 2. The van der Waals surface area contributed by atoms with E-state index in [0.717, 1.165) is 6.42 Å². The number of unbranched alkanes of at least 4 members (excludes halogenated alkanes) is 11. The fourth-order valence-corrected chi connectivity index (χ4v) is 2.98. The maximum absolute atomic E-state index is 11.3. The van der Waals surface area contributed by atoms with Gasteiger partial charge in [0, 0.05) is 6.20 Å². The highest BCUT2D eigenvalue weighted by molar-refractivity contribution is 5.87. The van der Waals surface area contributed by atoms with Gasteiger partial charge in [-0.2, -0.15) is 0 Å². The molecule has 1 aromatic rings. The van der Waals surface area contributed by atoms with Gasteiger partial charge in [-0.05, 0) is 24.5 Å². The monoisotopic (exact) mass is 321 g/mol. The molecule has 0 fully saturated rings. The number of H-pyrrole nitrogens is 1. The van der Waals surface area contributed by atoms with Crippen LogP contribution < -0.4 is 0 Å². The van der Waals surface area contributed by atoms with Crippen molar-refractivity contribution in [3.63, 3.8) is 0 Å². The van der Waals surface area contributed by atoms with Crippen LogP contribution in [0.15, 0.2) is 12.3 Å². The Balaban J connectivity index is 1.90. The molecular formula is C20H35NO2. The van der Waals surface area contributed by atoms with E-state index < -0.39 is 0 Å². The Kier molecular flexibility index (Phi) is 11.4. The Morgan fingerprint density at radius 3 is 1.96 bits per heavy atom. The summed E-state index contributed by atoms with van der Waals surface area (Å²) < 4.78 is 4.70. The van der Waals surface area contributed by atoms with Crippen molar-refractivity contribution in [3.05, 3.63) is 23.5 Å². The van der Waals surface area contributed by atoms with Gasteiger partial charge in [0.05, 0.1) is 7.11 Å². The molecule has 0 aliphatic rings. The number of esters is 1. The lowest BCUT2D eigenvalue weighted by molar-refractivity contribution is 0.0595. The summed E-state index contributed by atoms with van der Waals surface area (Å²) in [4.78, 5) is 14.3. The van der Waals surface area contributed by atoms with E-state index in [9.17, 15) is 4.79 Å². The second-order valence-electron chi connectivity index (χ2n) is 6.55. The highest BCUT2D eigenvalue weighted by atomic mass is 16.5. The predicted molar refractivity (Wildman–Crippen MR) is 96.9 cm³/mol. The number of aromatic nitrogens is 1. The molecule has 0 atom stereocenters. The molecule has 23 heavy (non-hydrogen) atoms. The Bertz CT molecular complexity index is 412. The van der Waals surface area contributed by atoms with Crippen molar-refractivity contribution < 1.29 is 9.53 Å². The van der Waals surface area contributed by atoms with Crippen LogP contribution in [0.5, 0.6) is 0 Å². The molecule has 0 bridgehead atoms. The van der Waals surface area contributed by atoms with Gasteiger partial charge in [0.1, 0.15) is 5.69 Å². The third-order valence-electron chi connectivity index (χ3n) is 4.47. The average molecular weight is 322 g/mol. The van der Waals surface area contributed by atoms with Crippen LogP contribution in [0.4, 0.5) is 0 Å². The number of methoxy groups -OCH3 is 1. The number of carbonyl (C=O) groups is 1. The normalized spacial score (nSPS) is 10.9. The largest absolute Gasteiger partial charge is 0.464 e. The number of ether oxygens (including phenoxy) is 1. The lowest BCUT2D eigenvalue weighted by Gasteiger charge is -2.02. The lowest BCUT2D eigenvalue weighted by atomic mass is 10.0. The quantitative estimate of drug-likeness (QED) is 0.335. The topological polar surface area (TPSA) is 42.1 Å². The van der Waals surface area contributed by atoms with E-state index in [1.807, 2.05) is 12.3 Å². The minimum atomic E-state index is -0.286. The smallest absolute Gasteiger partial charge is 0.354 e. The van der Waals surface area contributed by atoms with Crippen LogP contribution in [0.25, 0.3) is 0 Å². The summed E-state index contributed by atoms with van der Waals surface area (Å²) in [5, 5.41) is 0. The molecule has 0 saturated carbocycles. The standard InChI is InChI=1S/C20H35NO2/c1-3-4-5-6-7-8-9-10-11-12-13-14-15-18-16-19(21-17-18)20(22)23-2/h16-17,21H,3-15H2,1-2H3. The van der Waals surface area contributed by atoms with Crippen LogP contribution in [0, 0.1) is 0 Å². The van der Waals surface area contributed by atoms with E-state index in [-0.39, 0.29) is 5.97 Å². The lowest BCUT2D eigenvalue weighted by Crippen LogP contribution is -2.00. The fraction of sp³-hybridized carbons (Fsp3) is 0.750. The zero-order valence-corrected chi connectivity index (χ0v) is 15.2. The molecule has 1 aromatic heterocycles. The number of hydrogen-bond donors (Lipinski definition) is 1. The summed E-state index contributed by atoms with van der Waals surface area (Å²) in [6.07, 6.45) is 19.4. The molecular weight excluding hydrogens is 286 g/mol. The minimum Gasteiger partial charge on any atom is -0.464 e. The highest BCUT2D eigenvalue weighted by Gasteiger charge is 2.07. The van der Waals surface area contributed by atoms with Crippen LogP contribution >= 0.6 is 0 Å². The molecule has 3 nitrogen and oxygen atoms in total. The first-order chi connectivity index (χ1) is 11.3. The van der Waals surface area contributed by atoms with Gasteiger partial charge >= 0.3 is 5.97 Å². The van der Waals surface area contributed by atoms with E-state index in [2.05, 4.69) is 11.9 Å². The maximum atomic E-state index is 11.3. The summed E-state index contributed by atoms with van der Waals surface area (Å²) in [6.45, 7) is 2.27. The van der Waals surface area contributed by atoms with Gasteiger partial charge in [-0.25, -0.2) is 4.79 Å². The zero-order valence-electron chi connectivity index (χ0n) is 15.2. The molecule has 3 heteroatoms. The van der Waals surface area contributed by atoms with E-state index in [0.29, 0.717) is 5.69 Å². The first-order valence-electron chi connectivity index (χ1n) is 9.53. The van der Waals surface area contributed by atoms with Crippen molar-refractivity contribution in [1.29, 1.82) is 0 Å².